The number of carbonyl (C=O) groups excluding carboxylic acids is 2. The molecule has 1 N–H and O–H groups in total. The molecule has 0 heterocycles. The number of ether oxygens (including phenoxy) is 1. The third kappa shape index (κ3) is 5.20. The maximum absolute atomic E-state index is 12.0. The lowest BCUT2D eigenvalue weighted by atomic mass is 10.1. The maximum atomic E-state index is 12.0. The number of nitrogens with one attached hydrogen (secondary N) is 1. The van der Waals surface area contributed by atoms with Crippen molar-refractivity contribution < 1.29 is 14.3 Å². The molecule has 0 aromatic heterocycles. The molecule has 0 bridgehead atoms. The molecule has 0 saturated heterocycles. The number of amides is 1. The summed E-state index contributed by atoms with van der Waals surface area (Å²) in [6.45, 7) is 3.69. The minimum absolute atomic E-state index is 0.145. The first-order valence-electron chi connectivity index (χ1n) is 7.80. The fourth-order valence-electron chi connectivity index (χ4n) is 2.24. The van der Waals surface area contributed by atoms with E-state index in [0.29, 0.717) is 5.56 Å². The molecule has 2 aromatic carbocycles. The van der Waals surface area contributed by atoms with E-state index >= 15 is 0 Å². The maximum Gasteiger partial charge on any atom is 0.338 e. The van der Waals surface area contributed by atoms with Crippen molar-refractivity contribution >= 4 is 27.8 Å². The second-order valence-electron chi connectivity index (χ2n) is 5.47. The lowest BCUT2D eigenvalue weighted by Crippen LogP contribution is -2.31. The number of benzene rings is 2. The van der Waals surface area contributed by atoms with Gasteiger partial charge in [0.15, 0.2) is 6.61 Å². The van der Waals surface area contributed by atoms with E-state index in [-0.39, 0.29) is 18.6 Å². The van der Waals surface area contributed by atoms with Crippen LogP contribution in [0.4, 0.5) is 0 Å². The topological polar surface area (TPSA) is 55.4 Å². The van der Waals surface area contributed by atoms with E-state index in [4.69, 9.17) is 4.74 Å². The second kappa shape index (κ2) is 8.64. The summed E-state index contributed by atoms with van der Waals surface area (Å²) in [6.07, 6.45) is 0.979. The van der Waals surface area contributed by atoms with Crippen molar-refractivity contribution in [3.05, 3.63) is 69.7 Å². The number of halogens is 1. The Balaban J connectivity index is 1.85. The number of hydrogen-bond donors (Lipinski definition) is 1. The highest BCUT2D eigenvalue weighted by Gasteiger charge is 2.13. The van der Waals surface area contributed by atoms with Crippen LogP contribution in [0, 0.1) is 0 Å². The molecule has 2 rings (SSSR count). The van der Waals surface area contributed by atoms with Crippen LogP contribution >= 0.6 is 15.9 Å². The molecular weight excluding hydrogens is 370 g/mol. The Labute approximate surface area is 150 Å². The Morgan fingerprint density at radius 1 is 1.17 bits per heavy atom. The van der Waals surface area contributed by atoms with Gasteiger partial charge in [0.25, 0.3) is 5.91 Å². The summed E-state index contributed by atoms with van der Waals surface area (Å²) in [5.74, 6) is -0.850. The van der Waals surface area contributed by atoms with E-state index < -0.39 is 5.97 Å². The van der Waals surface area contributed by atoms with Gasteiger partial charge < -0.3 is 10.1 Å². The number of carbonyl (C=O) groups is 2. The van der Waals surface area contributed by atoms with Crippen LogP contribution in [0.15, 0.2) is 53.0 Å². The van der Waals surface area contributed by atoms with Crippen LogP contribution in [-0.2, 0) is 16.0 Å². The second-order valence-corrected chi connectivity index (χ2v) is 6.39. The Bertz CT molecular complexity index is 713. The Morgan fingerprint density at radius 2 is 1.88 bits per heavy atom. The molecule has 4 nitrogen and oxygen atoms in total. The van der Waals surface area contributed by atoms with E-state index in [2.05, 4.69) is 28.2 Å². The van der Waals surface area contributed by atoms with Crippen LogP contribution in [0.25, 0.3) is 0 Å². The van der Waals surface area contributed by atoms with Crippen molar-refractivity contribution in [1.82, 2.24) is 5.32 Å². The number of hydrogen-bond acceptors (Lipinski definition) is 3. The summed E-state index contributed by atoms with van der Waals surface area (Å²) in [7, 11) is 0. The molecule has 0 unspecified atom stereocenters. The quantitative estimate of drug-likeness (QED) is 0.758. The highest BCUT2D eigenvalue weighted by atomic mass is 79.9. The first-order valence-corrected chi connectivity index (χ1v) is 8.59. The lowest BCUT2D eigenvalue weighted by Gasteiger charge is -2.15. The van der Waals surface area contributed by atoms with Gasteiger partial charge in [0.2, 0.25) is 0 Å². The summed E-state index contributed by atoms with van der Waals surface area (Å²) in [5.41, 5.74) is 2.67. The molecular formula is C19H20BrNO3. The Morgan fingerprint density at radius 3 is 2.50 bits per heavy atom. The normalized spacial score (nSPS) is 11.6. The van der Waals surface area contributed by atoms with Gasteiger partial charge >= 0.3 is 5.97 Å². The fourth-order valence-corrected chi connectivity index (χ4v) is 2.64. The van der Waals surface area contributed by atoms with Gasteiger partial charge in [-0.2, -0.15) is 0 Å². The van der Waals surface area contributed by atoms with E-state index in [1.807, 2.05) is 37.3 Å². The third-order valence-corrected chi connectivity index (χ3v) is 4.15. The summed E-state index contributed by atoms with van der Waals surface area (Å²) < 4.78 is 5.83. The highest BCUT2D eigenvalue weighted by molar-refractivity contribution is 9.10. The van der Waals surface area contributed by atoms with Crippen LogP contribution in [0.1, 0.15) is 41.4 Å². The molecule has 1 amide bonds. The van der Waals surface area contributed by atoms with Gasteiger partial charge in [0, 0.05) is 4.47 Å². The van der Waals surface area contributed by atoms with Gasteiger partial charge in [-0.15, -0.1) is 0 Å². The summed E-state index contributed by atoms with van der Waals surface area (Å²) >= 11 is 3.29. The lowest BCUT2D eigenvalue weighted by molar-refractivity contribution is -0.124. The number of aryl methyl sites for hydroxylation is 1. The van der Waals surface area contributed by atoms with Crippen LogP contribution in [0.3, 0.4) is 0 Å². The molecule has 0 aliphatic heterocycles. The zero-order chi connectivity index (χ0) is 17.5. The van der Waals surface area contributed by atoms with Crippen molar-refractivity contribution in [3.8, 4) is 0 Å². The van der Waals surface area contributed by atoms with E-state index in [1.165, 1.54) is 5.56 Å². The van der Waals surface area contributed by atoms with Crippen molar-refractivity contribution in [2.45, 2.75) is 26.3 Å². The third-order valence-electron chi connectivity index (χ3n) is 3.66. The first-order chi connectivity index (χ1) is 11.5. The molecule has 1 atom stereocenters. The Kier molecular flexibility index (Phi) is 6.55. The molecule has 5 heteroatoms. The largest absolute Gasteiger partial charge is 0.452 e. The predicted octanol–water partition coefficient (Wildman–Crippen LogP) is 4.05. The van der Waals surface area contributed by atoms with Gasteiger partial charge in [0.05, 0.1) is 11.6 Å². The van der Waals surface area contributed by atoms with Crippen molar-refractivity contribution in [2.24, 2.45) is 0 Å². The molecule has 0 radical (unpaired) electrons. The van der Waals surface area contributed by atoms with Crippen LogP contribution in [0.2, 0.25) is 0 Å². The van der Waals surface area contributed by atoms with Crippen molar-refractivity contribution in [3.63, 3.8) is 0 Å². The SMILES string of the molecule is CCc1ccc([C@@H](C)NC(=O)COC(=O)c2cccc(Br)c2)cc1. The van der Waals surface area contributed by atoms with E-state index in [0.717, 1.165) is 16.5 Å². The minimum Gasteiger partial charge on any atom is -0.452 e. The average molecular weight is 390 g/mol. The molecule has 0 aliphatic rings. The van der Waals surface area contributed by atoms with Gasteiger partial charge in [-0.3, -0.25) is 4.79 Å². The van der Waals surface area contributed by atoms with Crippen molar-refractivity contribution in [1.29, 1.82) is 0 Å². The standard InChI is InChI=1S/C19H20BrNO3/c1-3-14-7-9-15(10-8-14)13(2)21-18(22)12-24-19(23)16-5-4-6-17(20)11-16/h4-11,13H,3,12H2,1-2H3,(H,21,22)/t13-/m1/s1. The zero-order valence-electron chi connectivity index (χ0n) is 13.7. The van der Waals surface area contributed by atoms with E-state index in [9.17, 15) is 9.59 Å². The summed E-state index contributed by atoms with van der Waals surface area (Å²) in [4.78, 5) is 23.9. The molecule has 0 aliphatic carbocycles. The van der Waals surface area contributed by atoms with Crippen LogP contribution in [-0.4, -0.2) is 18.5 Å². The summed E-state index contributed by atoms with van der Waals surface area (Å²) in [5, 5.41) is 2.83. The van der Waals surface area contributed by atoms with Crippen LogP contribution < -0.4 is 5.32 Å². The molecule has 126 valence electrons. The molecule has 0 saturated carbocycles. The first kappa shape index (κ1) is 18.2. The predicted molar refractivity (Wildman–Crippen MR) is 96.8 cm³/mol. The van der Waals surface area contributed by atoms with Gasteiger partial charge in [-0.05, 0) is 42.7 Å². The summed E-state index contributed by atoms with van der Waals surface area (Å²) in [6, 6.07) is 14.8. The molecule has 0 spiro atoms. The minimum atomic E-state index is -0.522. The monoisotopic (exact) mass is 389 g/mol. The molecule has 2 aromatic rings. The average Bonchev–Trinajstić information content (AvgIpc) is 2.59. The van der Waals surface area contributed by atoms with Crippen LogP contribution in [0.5, 0.6) is 0 Å². The highest BCUT2D eigenvalue weighted by Crippen LogP contribution is 2.14. The van der Waals surface area contributed by atoms with Crippen molar-refractivity contribution in [2.75, 3.05) is 6.61 Å². The zero-order valence-corrected chi connectivity index (χ0v) is 15.3. The Hall–Kier alpha value is -2.14. The van der Waals surface area contributed by atoms with Gasteiger partial charge in [-0.25, -0.2) is 4.79 Å². The number of esters is 1. The molecule has 24 heavy (non-hydrogen) atoms. The van der Waals surface area contributed by atoms with E-state index in [1.54, 1.807) is 18.2 Å². The smallest absolute Gasteiger partial charge is 0.338 e. The van der Waals surface area contributed by atoms with Gasteiger partial charge in [-0.1, -0.05) is 53.2 Å². The number of rotatable bonds is 6. The molecule has 0 fully saturated rings. The fraction of sp³-hybridized carbons (Fsp3) is 0.263. The van der Waals surface area contributed by atoms with Gasteiger partial charge in [0.1, 0.15) is 0 Å².